The molecule has 30 heavy (non-hydrogen) atoms. The number of carbonyl (C=O) groups is 2. The summed E-state index contributed by atoms with van der Waals surface area (Å²) in [4.78, 5) is 24.3. The topological polar surface area (TPSA) is 64.6 Å². The zero-order valence-electron chi connectivity index (χ0n) is 18.6. The van der Waals surface area contributed by atoms with E-state index in [-0.39, 0.29) is 42.6 Å². The van der Waals surface area contributed by atoms with Crippen LogP contribution in [0, 0.1) is 17.8 Å². The summed E-state index contributed by atoms with van der Waals surface area (Å²) in [5.41, 5.74) is 1.87. The fourth-order valence-electron chi connectivity index (χ4n) is 4.73. The molecular formula is C24H36ClNO4. The summed E-state index contributed by atoms with van der Waals surface area (Å²) in [6.07, 6.45) is 5.33. The Morgan fingerprint density at radius 3 is 2.27 bits per heavy atom. The summed E-state index contributed by atoms with van der Waals surface area (Å²) < 4.78 is 10.7. The first kappa shape index (κ1) is 24.7. The van der Waals surface area contributed by atoms with Crippen molar-refractivity contribution in [1.29, 1.82) is 0 Å². The predicted molar refractivity (Wildman–Crippen MR) is 120 cm³/mol. The average Bonchev–Trinajstić information content (AvgIpc) is 2.67. The highest BCUT2D eigenvalue weighted by molar-refractivity contribution is 5.89. The monoisotopic (exact) mass is 437 g/mol. The normalized spacial score (nSPS) is 25.9. The fourth-order valence-corrected chi connectivity index (χ4v) is 4.73. The number of halogens is 1. The van der Waals surface area contributed by atoms with Gasteiger partial charge < -0.3 is 14.8 Å². The van der Waals surface area contributed by atoms with Crippen molar-refractivity contribution >= 4 is 24.3 Å². The lowest BCUT2D eigenvalue weighted by molar-refractivity contribution is -0.151. The van der Waals surface area contributed by atoms with Gasteiger partial charge in [-0.3, -0.25) is 4.79 Å². The van der Waals surface area contributed by atoms with Crippen LogP contribution in [-0.4, -0.2) is 36.7 Å². The minimum Gasteiger partial charge on any atom is -0.462 e. The van der Waals surface area contributed by atoms with Crippen molar-refractivity contribution < 1.29 is 19.1 Å². The van der Waals surface area contributed by atoms with E-state index in [0.717, 1.165) is 25.8 Å². The molecule has 5 nitrogen and oxygen atoms in total. The van der Waals surface area contributed by atoms with E-state index in [4.69, 9.17) is 9.47 Å². The van der Waals surface area contributed by atoms with Gasteiger partial charge in [0.15, 0.2) is 0 Å². The van der Waals surface area contributed by atoms with Gasteiger partial charge in [0.05, 0.1) is 17.8 Å². The lowest BCUT2D eigenvalue weighted by Crippen LogP contribution is -2.50. The summed E-state index contributed by atoms with van der Waals surface area (Å²) in [6.45, 7) is 8.43. The summed E-state index contributed by atoms with van der Waals surface area (Å²) in [5.74, 6) is 1.51. The van der Waals surface area contributed by atoms with Crippen molar-refractivity contribution in [3.63, 3.8) is 0 Å². The van der Waals surface area contributed by atoms with Crippen LogP contribution in [0.1, 0.15) is 69.3 Å². The summed E-state index contributed by atoms with van der Waals surface area (Å²) in [5, 5.41) is 3.40. The Kier molecular flexibility index (Phi) is 9.17. The Labute approximate surface area is 186 Å². The predicted octanol–water partition coefficient (Wildman–Crippen LogP) is 4.56. The SMILES string of the molecule is CC(C)OC(=O)c1ccc(C[C@H]2CC[C@H]3CN[C@H](C(=O)OC(C)C)C[C@H]3C2)cc1.Cl. The quantitative estimate of drug-likeness (QED) is 0.661. The van der Waals surface area contributed by atoms with Crippen LogP contribution in [0.15, 0.2) is 24.3 Å². The number of esters is 2. The number of fused-ring (bicyclic) bond motifs is 1. The van der Waals surface area contributed by atoms with E-state index < -0.39 is 0 Å². The van der Waals surface area contributed by atoms with Crippen molar-refractivity contribution in [2.24, 2.45) is 17.8 Å². The molecule has 1 aliphatic carbocycles. The summed E-state index contributed by atoms with van der Waals surface area (Å²) >= 11 is 0. The summed E-state index contributed by atoms with van der Waals surface area (Å²) in [7, 11) is 0. The van der Waals surface area contributed by atoms with Crippen LogP contribution in [0.3, 0.4) is 0 Å². The Morgan fingerprint density at radius 2 is 1.63 bits per heavy atom. The van der Waals surface area contributed by atoms with E-state index >= 15 is 0 Å². The van der Waals surface area contributed by atoms with Gasteiger partial charge >= 0.3 is 11.9 Å². The van der Waals surface area contributed by atoms with E-state index in [9.17, 15) is 9.59 Å². The molecule has 1 N–H and O–H groups in total. The summed E-state index contributed by atoms with van der Waals surface area (Å²) in [6, 6.07) is 7.67. The van der Waals surface area contributed by atoms with E-state index in [2.05, 4.69) is 5.32 Å². The average molecular weight is 438 g/mol. The maximum Gasteiger partial charge on any atom is 0.338 e. The highest BCUT2D eigenvalue weighted by Gasteiger charge is 2.38. The van der Waals surface area contributed by atoms with Gasteiger partial charge in [-0.1, -0.05) is 12.1 Å². The molecule has 1 aliphatic heterocycles. The number of rotatable bonds is 6. The standard InChI is InChI=1S/C24H35NO4.ClH/c1-15(2)28-23(26)19-8-5-17(6-9-19)11-18-7-10-20-14-25-22(13-21(20)12-18)24(27)29-16(3)4;/h5-6,8-9,15-16,18,20-22,25H,7,10-14H2,1-4H3;1H/t18-,20+,21-,22+;/m1./s1. The highest BCUT2D eigenvalue weighted by Crippen LogP contribution is 2.40. The van der Waals surface area contributed by atoms with Gasteiger partial charge in [-0.05, 0) is 102 Å². The van der Waals surface area contributed by atoms with Crippen molar-refractivity contribution in [1.82, 2.24) is 5.32 Å². The Morgan fingerprint density at radius 1 is 0.967 bits per heavy atom. The first-order chi connectivity index (χ1) is 13.8. The smallest absolute Gasteiger partial charge is 0.338 e. The molecule has 168 valence electrons. The van der Waals surface area contributed by atoms with Crippen LogP contribution in [-0.2, 0) is 20.7 Å². The van der Waals surface area contributed by atoms with Gasteiger partial charge in [-0.15, -0.1) is 12.4 Å². The van der Waals surface area contributed by atoms with Gasteiger partial charge in [0.2, 0.25) is 0 Å². The van der Waals surface area contributed by atoms with Gasteiger partial charge in [-0.25, -0.2) is 4.79 Å². The first-order valence-electron chi connectivity index (χ1n) is 11.1. The van der Waals surface area contributed by atoms with Crippen LogP contribution in [0.25, 0.3) is 0 Å². The molecule has 6 heteroatoms. The second-order valence-electron chi connectivity index (χ2n) is 9.24. The minimum atomic E-state index is -0.263. The van der Waals surface area contributed by atoms with Gasteiger partial charge in [0.1, 0.15) is 6.04 Å². The zero-order valence-corrected chi connectivity index (χ0v) is 19.4. The molecule has 0 unspecified atom stereocenters. The molecule has 0 aromatic heterocycles. The van der Waals surface area contributed by atoms with Crippen LogP contribution >= 0.6 is 12.4 Å². The molecule has 1 saturated carbocycles. The third-order valence-corrected chi connectivity index (χ3v) is 6.11. The number of ether oxygens (including phenoxy) is 2. The molecule has 0 spiro atoms. The maximum atomic E-state index is 12.3. The number of carbonyl (C=O) groups excluding carboxylic acids is 2. The molecule has 0 bridgehead atoms. The largest absolute Gasteiger partial charge is 0.462 e. The van der Waals surface area contributed by atoms with Crippen LogP contribution in [0.5, 0.6) is 0 Å². The lowest BCUT2D eigenvalue weighted by Gasteiger charge is -2.42. The number of benzene rings is 1. The molecule has 3 rings (SSSR count). The van der Waals surface area contributed by atoms with Crippen molar-refractivity contribution in [3.8, 4) is 0 Å². The van der Waals surface area contributed by atoms with E-state index in [1.807, 2.05) is 52.0 Å². The van der Waals surface area contributed by atoms with Crippen molar-refractivity contribution in [2.75, 3.05) is 6.54 Å². The molecule has 1 aromatic rings. The second-order valence-corrected chi connectivity index (χ2v) is 9.24. The number of hydrogen-bond acceptors (Lipinski definition) is 5. The molecule has 0 radical (unpaired) electrons. The van der Waals surface area contributed by atoms with Gasteiger partial charge in [-0.2, -0.15) is 0 Å². The van der Waals surface area contributed by atoms with Gasteiger partial charge in [0, 0.05) is 0 Å². The number of hydrogen-bond donors (Lipinski definition) is 1. The van der Waals surface area contributed by atoms with Crippen LogP contribution in [0.2, 0.25) is 0 Å². The molecule has 1 aromatic carbocycles. The third kappa shape index (κ3) is 6.71. The van der Waals surface area contributed by atoms with E-state index in [1.165, 1.54) is 18.4 Å². The second kappa shape index (κ2) is 11.1. The fraction of sp³-hybridized carbons (Fsp3) is 0.667. The Hall–Kier alpha value is -1.59. The number of nitrogens with one attached hydrogen (secondary N) is 1. The van der Waals surface area contributed by atoms with Crippen molar-refractivity contribution in [2.45, 2.75) is 78.0 Å². The van der Waals surface area contributed by atoms with E-state index in [1.54, 1.807) is 0 Å². The molecule has 1 saturated heterocycles. The molecule has 4 atom stereocenters. The highest BCUT2D eigenvalue weighted by atomic mass is 35.5. The van der Waals surface area contributed by atoms with Gasteiger partial charge in [0.25, 0.3) is 0 Å². The van der Waals surface area contributed by atoms with Crippen molar-refractivity contribution in [3.05, 3.63) is 35.4 Å². The minimum absolute atomic E-state index is 0. The molecule has 2 aliphatic rings. The Balaban J connectivity index is 0.00000320. The number of piperidine rings is 1. The lowest BCUT2D eigenvalue weighted by atomic mass is 9.68. The molecule has 2 fully saturated rings. The van der Waals surface area contributed by atoms with Crippen LogP contribution < -0.4 is 5.32 Å². The Bertz CT molecular complexity index is 704. The maximum absolute atomic E-state index is 12.3. The molecular weight excluding hydrogens is 402 g/mol. The first-order valence-corrected chi connectivity index (χ1v) is 11.1. The zero-order chi connectivity index (χ0) is 21.0. The molecule has 1 heterocycles. The van der Waals surface area contributed by atoms with Crippen LogP contribution in [0.4, 0.5) is 0 Å². The van der Waals surface area contributed by atoms with E-state index in [0.29, 0.717) is 23.3 Å². The molecule has 0 amide bonds. The third-order valence-electron chi connectivity index (χ3n) is 6.11.